The second kappa shape index (κ2) is 14.9. The van der Waals surface area contributed by atoms with Gasteiger partial charge in [-0.15, -0.1) is 0 Å². The highest BCUT2D eigenvalue weighted by Crippen LogP contribution is 2.29. The molecule has 0 spiro atoms. The highest BCUT2D eigenvalue weighted by Gasteiger charge is 2.44. The molecule has 4 atom stereocenters. The number of benzene rings is 2. The first-order chi connectivity index (χ1) is 21.7. The van der Waals surface area contributed by atoms with Crippen LogP contribution in [0.3, 0.4) is 0 Å². The molecule has 1 fully saturated rings. The summed E-state index contributed by atoms with van der Waals surface area (Å²) in [6, 6.07) is 10.6. The number of carbonyl (C=O) groups excluding carboxylic acids is 3. The van der Waals surface area contributed by atoms with Crippen LogP contribution in [0.4, 0.5) is 8.78 Å². The molecule has 46 heavy (non-hydrogen) atoms. The number of nitrogens with zero attached hydrogens (tertiary/aromatic N) is 4. The Morgan fingerprint density at radius 2 is 1.70 bits per heavy atom. The van der Waals surface area contributed by atoms with Gasteiger partial charge >= 0.3 is 0 Å². The van der Waals surface area contributed by atoms with Crippen molar-refractivity contribution < 1.29 is 27.9 Å². The number of carbonyl (C=O) groups is 3. The van der Waals surface area contributed by atoms with Crippen molar-refractivity contribution >= 4 is 17.7 Å². The summed E-state index contributed by atoms with van der Waals surface area (Å²) < 4.78 is 35.1. The van der Waals surface area contributed by atoms with Crippen LogP contribution in [0.2, 0.25) is 0 Å². The van der Waals surface area contributed by atoms with E-state index in [1.54, 1.807) is 58.2 Å². The van der Waals surface area contributed by atoms with Crippen molar-refractivity contribution in [3.8, 4) is 5.75 Å². The molecule has 4 rings (SSSR count). The highest BCUT2D eigenvalue weighted by atomic mass is 19.1. The van der Waals surface area contributed by atoms with E-state index in [0.29, 0.717) is 31.6 Å². The first kappa shape index (κ1) is 34.6. The summed E-state index contributed by atoms with van der Waals surface area (Å²) >= 11 is 0. The number of imidazole rings is 1. The normalized spacial score (nSPS) is 17.8. The predicted octanol–water partition coefficient (Wildman–Crippen LogP) is 5.01. The van der Waals surface area contributed by atoms with E-state index in [9.17, 15) is 23.2 Å². The number of aryl methyl sites for hydroxylation is 1. The molecule has 0 aliphatic carbocycles. The lowest BCUT2D eigenvalue weighted by molar-refractivity contribution is -0.141. The average Bonchev–Trinajstić information content (AvgIpc) is 3.63. The van der Waals surface area contributed by atoms with Gasteiger partial charge in [0.1, 0.15) is 35.2 Å². The van der Waals surface area contributed by atoms with Gasteiger partial charge in [-0.05, 0) is 60.2 Å². The number of aromatic nitrogens is 2. The lowest BCUT2D eigenvalue weighted by Crippen LogP contribution is -2.58. The van der Waals surface area contributed by atoms with Crippen molar-refractivity contribution in [1.82, 2.24) is 24.7 Å². The Bertz CT molecular complexity index is 1490. The molecule has 248 valence electrons. The zero-order valence-corrected chi connectivity index (χ0v) is 27.5. The van der Waals surface area contributed by atoms with E-state index in [1.165, 1.54) is 24.3 Å². The summed E-state index contributed by atoms with van der Waals surface area (Å²) in [7, 11) is 1.78. The van der Waals surface area contributed by atoms with Crippen molar-refractivity contribution in [3.05, 3.63) is 83.9 Å². The van der Waals surface area contributed by atoms with E-state index in [2.05, 4.69) is 10.3 Å². The Balaban J connectivity index is 1.64. The topological polar surface area (TPSA) is 96.8 Å². The Morgan fingerprint density at radius 3 is 2.26 bits per heavy atom. The molecular formula is C35H45F2N5O4. The molecule has 1 saturated heterocycles. The van der Waals surface area contributed by atoms with Crippen molar-refractivity contribution in [1.29, 1.82) is 0 Å². The fourth-order valence-corrected chi connectivity index (χ4v) is 5.52. The molecule has 1 N–H and O–H groups in total. The molecule has 3 amide bonds. The van der Waals surface area contributed by atoms with Gasteiger partial charge in [0.2, 0.25) is 11.8 Å². The Morgan fingerprint density at radius 1 is 1.07 bits per heavy atom. The lowest BCUT2D eigenvalue weighted by atomic mass is 9.85. The molecule has 0 radical (unpaired) electrons. The number of rotatable bonds is 12. The number of likely N-dealkylation sites (tertiary alicyclic amines) is 1. The quantitative estimate of drug-likeness (QED) is 0.301. The van der Waals surface area contributed by atoms with Gasteiger partial charge in [0.05, 0.1) is 18.9 Å². The van der Waals surface area contributed by atoms with Gasteiger partial charge in [-0.1, -0.05) is 46.8 Å². The van der Waals surface area contributed by atoms with Gasteiger partial charge < -0.3 is 24.4 Å². The van der Waals surface area contributed by atoms with Crippen molar-refractivity contribution in [3.63, 3.8) is 0 Å². The van der Waals surface area contributed by atoms with Gasteiger partial charge in [0.25, 0.3) is 5.91 Å². The summed E-state index contributed by atoms with van der Waals surface area (Å²) in [5.74, 6) is -1.28. The van der Waals surface area contributed by atoms with Crippen molar-refractivity contribution in [2.45, 2.75) is 72.1 Å². The van der Waals surface area contributed by atoms with Crippen LogP contribution in [-0.2, 0) is 23.1 Å². The number of halogens is 2. The fraction of sp³-hybridized carbons (Fsp3) is 0.486. The van der Waals surface area contributed by atoms with Crippen LogP contribution in [0.25, 0.3) is 0 Å². The third-order valence-electron chi connectivity index (χ3n) is 8.46. The van der Waals surface area contributed by atoms with E-state index in [4.69, 9.17) is 4.74 Å². The highest BCUT2D eigenvalue weighted by molar-refractivity contribution is 5.92. The maximum Gasteiger partial charge on any atom is 0.274 e. The molecule has 0 bridgehead atoms. The largest absolute Gasteiger partial charge is 0.489 e. The predicted molar refractivity (Wildman–Crippen MR) is 171 cm³/mol. The van der Waals surface area contributed by atoms with Crippen LogP contribution in [0.5, 0.6) is 5.75 Å². The minimum absolute atomic E-state index is 0.182. The molecule has 0 unspecified atom stereocenters. The zero-order valence-electron chi connectivity index (χ0n) is 27.5. The van der Waals surface area contributed by atoms with Crippen LogP contribution in [0.15, 0.2) is 61.1 Å². The standard InChI is InChI=1S/C35H45F2N5O4/c1-7-23(2)32(43)39-31(35(3,4)5)34(45)42-20-29(46-28-14-12-26(37)13-15-28)18-27(42)19-41(33(44)30-21-40(6)22-38-30)17-16-24-8-10-25(36)11-9-24/h8-15,21-23,27,29,31H,7,16-20H2,1-6H3,(H,39,43)/t23-,27+,29+,31-/m1/s1. The average molecular weight is 638 g/mol. The van der Waals surface area contributed by atoms with Gasteiger partial charge in [0.15, 0.2) is 0 Å². The summed E-state index contributed by atoms with van der Waals surface area (Å²) in [4.78, 5) is 48.8. The zero-order chi connectivity index (χ0) is 33.6. The molecule has 1 aliphatic heterocycles. The number of hydrogen-bond acceptors (Lipinski definition) is 5. The fourth-order valence-electron chi connectivity index (χ4n) is 5.52. The summed E-state index contributed by atoms with van der Waals surface area (Å²) in [6.07, 6.45) is 4.26. The minimum atomic E-state index is -0.819. The summed E-state index contributed by atoms with van der Waals surface area (Å²) in [5.41, 5.74) is 0.523. The van der Waals surface area contributed by atoms with E-state index in [0.717, 1.165) is 5.56 Å². The Labute approximate surface area is 269 Å². The van der Waals surface area contributed by atoms with E-state index >= 15 is 0 Å². The van der Waals surface area contributed by atoms with E-state index in [1.807, 2.05) is 34.6 Å². The Kier molecular flexibility index (Phi) is 11.2. The number of nitrogens with one attached hydrogen (secondary N) is 1. The molecule has 11 heteroatoms. The SMILES string of the molecule is CC[C@@H](C)C(=O)N[C@H](C(=O)N1C[C@@H](Oc2ccc(F)cc2)C[C@H]1CN(CCc1ccc(F)cc1)C(=O)c1cn(C)cn1)C(C)(C)C. The summed E-state index contributed by atoms with van der Waals surface area (Å²) in [6.45, 7) is 10.2. The van der Waals surface area contributed by atoms with Gasteiger partial charge in [-0.3, -0.25) is 14.4 Å². The molecule has 2 heterocycles. The van der Waals surface area contributed by atoms with Crippen LogP contribution >= 0.6 is 0 Å². The molecule has 3 aromatic rings. The third-order valence-corrected chi connectivity index (χ3v) is 8.46. The number of ether oxygens (including phenoxy) is 1. The van der Waals surface area contributed by atoms with Crippen LogP contribution in [0.1, 0.15) is 63.5 Å². The smallest absolute Gasteiger partial charge is 0.274 e. The molecule has 1 aliphatic rings. The number of hydrogen-bond donors (Lipinski definition) is 1. The number of amides is 3. The van der Waals surface area contributed by atoms with Crippen molar-refractivity contribution in [2.75, 3.05) is 19.6 Å². The van der Waals surface area contributed by atoms with Gasteiger partial charge in [-0.2, -0.15) is 0 Å². The monoisotopic (exact) mass is 637 g/mol. The molecule has 2 aromatic carbocycles. The van der Waals surface area contributed by atoms with Gasteiger partial charge in [-0.25, -0.2) is 13.8 Å². The summed E-state index contributed by atoms with van der Waals surface area (Å²) in [5, 5.41) is 2.99. The third kappa shape index (κ3) is 8.92. The first-order valence-corrected chi connectivity index (χ1v) is 15.8. The van der Waals surface area contributed by atoms with Crippen molar-refractivity contribution in [2.24, 2.45) is 18.4 Å². The molecular weight excluding hydrogens is 592 g/mol. The Hall–Kier alpha value is -4.28. The minimum Gasteiger partial charge on any atom is -0.489 e. The van der Waals surface area contributed by atoms with Crippen LogP contribution in [-0.4, -0.2) is 74.9 Å². The second-order valence-corrected chi connectivity index (χ2v) is 13.2. The lowest BCUT2D eigenvalue weighted by Gasteiger charge is -2.37. The second-order valence-electron chi connectivity index (χ2n) is 13.2. The van der Waals surface area contributed by atoms with Crippen LogP contribution in [0, 0.1) is 23.0 Å². The van der Waals surface area contributed by atoms with E-state index < -0.39 is 23.6 Å². The maximum atomic E-state index is 14.4. The molecule has 0 saturated carbocycles. The van der Waals surface area contributed by atoms with Crippen LogP contribution < -0.4 is 10.1 Å². The van der Waals surface area contributed by atoms with Gasteiger partial charge in [0, 0.05) is 38.7 Å². The van der Waals surface area contributed by atoms with E-state index in [-0.39, 0.29) is 54.1 Å². The molecule has 9 nitrogen and oxygen atoms in total. The molecule has 1 aromatic heterocycles. The maximum absolute atomic E-state index is 14.4. The first-order valence-electron chi connectivity index (χ1n) is 15.8.